The molecule has 3 atom stereocenters. The van der Waals surface area contributed by atoms with Gasteiger partial charge in [0.25, 0.3) is 5.91 Å². The van der Waals surface area contributed by atoms with Crippen LogP contribution in [0.4, 0.5) is 5.82 Å². The molecule has 0 saturated carbocycles. The van der Waals surface area contributed by atoms with Crippen molar-refractivity contribution in [3.8, 4) is 0 Å². The number of hydrogen-bond acceptors (Lipinski definition) is 8. The first-order valence-electron chi connectivity index (χ1n) is 9.64. The predicted octanol–water partition coefficient (Wildman–Crippen LogP) is 1.61. The Hall–Kier alpha value is -4.05. The first-order valence-corrected chi connectivity index (χ1v) is 9.64. The van der Waals surface area contributed by atoms with Gasteiger partial charge in [0.2, 0.25) is 0 Å². The minimum absolute atomic E-state index is 0.0733. The molecule has 1 amide bonds. The minimum atomic E-state index is -0.830. The molecule has 166 valence electrons. The summed E-state index contributed by atoms with van der Waals surface area (Å²) in [6, 6.07) is 9.93. The molecule has 0 bridgehead atoms. The van der Waals surface area contributed by atoms with E-state index in [0.29, 0.717) is 5.56 Å². The molecule has 0 radical (unpaired) electrons. The number of rotatable bonds is 8. The summed E-state index contributed by atoms with van der Waals surface area (Å²) in [6.07, 6.45) is 1.10. The largest absolute Gasteiger partial charge is 0.460 e. The summed E-state index contributed by atoms with van der Waals surface area (Å²) in [5.74, 6) is -1.68. The standard InChI is InChI=1S/C22H21N3O7/c1-3-19(26)30-13-16-15(32-20(27)4-2)12-18(31-16)25-11-10-17(24-22(25)29)23-21(28)14-8-6-5-7-9-14/h3-11,15-16,18H,1-2,12-13H2,(H,23,24,28,29). The van der Waals surface area contributed by atoms with Crippen molar-refractivity contribution in [2.75, 3.05) is 11.9 Å². The zero-order valence-electron chi connectivity index (χ0n) is 17.0. The fourth-order valence-corrected chi connectivity index (χ4v) is 3.05. The van der Waals surface area contributed by atoms with Crippen LogP contribution in [0.1, 0.15) is 23.0 Å². The van der Waals surface area contributed by atoms with Gasteiger partial charge in [-0.2, -0.15) is 4.98 Å². The number of carbonyl (C=O) groups is 3. The van der Waals surface area contributed by atoms with E-state index in [9.17, 15) is 19.2 Å². The molecule has 0 aliphatic carbocycles. The molecule has 2 aromatic rings. The smallest absolute Gasteiger partial charge is 0.351 e. The van der Waals surface area contributed by atoms with Crippen molar-refractivity contribution in [2.45, 2.75) is 24.9 Å². The minimum Gasteiger partial charge on any atom is -0.460 e. The van der Waals surface area contributed by atoms with E-state index < -0.39 is 42.0 Å². The molecular weight excluding hydrogens is 418 g/mol. The Bertz CT molecular complexity index is 1080. The second kappa shape index (κ2) is 10.3. The van der Waals surface area contributed by atoms with E-state index in [1.807, 2.05) is 0 Å². The molecule has 0 spiro atoms. The molecule has 3 unspecified atom stereocenters. The summed E-state index contributed by atoms with van der Waals surface area (Å²) < 4.78 is 17.2. The zero-order valence-corrected chi connectivity index (χ0v) is 17.0. The average molecular weight is 439 g/mol. The van der Waals surface area contributed by atoms with Gasteiger partial charge in [0.1, 0.15) is 30.9 Å². The van der Waals surface area contributed by atoms with E-state index in [-0.39, 0.29) is 18.8 Å². The maximum Gasteiger partial charge on any atom is 0.351 e. The second-order valence-corrected chi connectivity index (χ2v) is 6.70. The first kappa shape index (κ1) is 22.6. The fraction of sp³-hybridized carbons (Fsp3) is 0.227. The number of ether oxygens (including phenoxy) is 3. The van der Waals surface area contributed by atoms with E-state index >= 15 is 0 Å². The number of esters is 2. The zero-order chi connectivity index (χ0) is 23.1. The number of amides is 1. The van der Waals surface area contributed by atoms with E-state index in [4.69, 9.17) is 14.2 Å². The van der Waals surface area contributed by atoms with Crippen molar-refractivity contribution in [3.63, 3.8) is 0 Å². The number of hydrogen-bond donors (Lipinski definition) is 1. The van der Waals surface area contributed by atoms with Crippen LogP contribution in [0.15, 0.2) is 72.7 Å². The molecule has 1 aromatic carbocycles. The average Bonchev–Trinajstić information content (AvgIpc) is 3.19. The molecule has 1 fully saturated rings. The van der Waals surface area contributed by atoms with Crippen LogP contribution in [0, 0.1) is 0 Å². The third-order valence-corrected chi connectivity index (χ3v) is 4.59. The Labute approximate surface area is 183 Å². The van der Waals surface area contributed by atoms with E-state index in [2.05, 4.69) is 23.5 Å². The van der Waals surface area contributed by atoms with Crippen molar-refractivity contribution in [1.29, 1.82) is 0 Å². The Balaban J connectivity index is 1.73. The Kier molecular flexibility index (Phi) is 7.29. The Morgan fingerprint density at radius 1 is 1.16 bits per heavy atom. The maximum absolute atomic E-state index is 12.5. The van der Waals surface area contributed by atoms with E-state index in [1.165, 1.54) is 16.8 Å². The van der Waals surface area contributed by atoms with Gasteiger partial charge in [-0.05, 0) is 18.2 Å². The van der Waals surface area contributed by atoms with Crippen LogP contribution < -0.4 is 11.0 Å². The monoisotopic (exact) mass is 439 g/mol. The van der Waals surface area contributed by atoms with Gasteiger partial charge in [0, 0.05) is 30.3 Å². The van der Waals surface area contributed by atoms with Gasteiger partial charge in [-0.1, -0.05) is 31.4 Å². The SMILES string of the molecule is C=CC(=O)OCC1OC(n2ccc(NC(=O)c3ccccc3)nc2=O)CC1OC(=O)C=C. The van der Waals surface area contributed by atoms with Crippen LogP contribution in [-0.2, 0) is 23.8 Å². The van der Waals surface area contributed by atoms with E-state index in [0.717, 1.165) is 12.2 Å². The summed E-state index contributed by atoms with van der Waals surface area (Å²) >= 11 is 0. The molecule has 3 rings (SSSR count). The molecule has 2 heterocycles. The molecule has 1 aliphatic rings. The summed E-state index contributed by atoms with van der Waals surface area (Å²) in [6.45, 7) is 6.45. The highest BCUT2D eigenvalue weighted by atomic mass is 16.6. The number of nitrogens with zero attached hydrogens (tertiary/aromatic N) is 2. The maximum atomic E-state index is 12.5. The molecule has 10 nitrogen and oxygen atoms in total. The van der Waals surface area contributed by atoms with Gasteiger partial charge in [-0.3, -0.25) is 9.36 Å². The quantitative estimate of drug-likeness (QED) is 0.486. The Morgan fingerprint density at radius 2 is 1.88 bits per heavy atom. The van der Waals surface area contributed by atoms with Crippen molar-refractivity contribution >= 4 is 23.7 Å². The van der Waals surface area contributed by atoms with Crippen molar-refractivity contribution in [3.05, 3.63) is 84.0 Å². The number of nitrogens with one attached hydrogen (secondary N) is 1. The summed E-state index contributed by atoms with van der Waals surface area (Å²) in [7, 11) is 0. The van der Waals surface area contributed by atoms with Crippen LogP contribution in [0.5, 0.6) is 0 Å². The van der Waals surface area contributed by atoms with Crippen LogP contribution in [-0.4, -0.2) is 46.2 Å². The van der Waals surface area contributed by atoms with Gasteiger partial charge in [-0.25, -0.2) is 14.4 Å². The highest BCUT2D eigenvalue weighted by molar-refractivity contribution is 6.03. The summed E-state index contributed by atoms with van der Waals surface area (Å²) in [5.41, 5.74) is -0.264. The highest BCUT2D eigenvalue weighted by Crippen LogP contribution is 2.30. The predicted molar refractivity (Wildman–Crippen MR) is 113 cm³/mol. The lowest BCUT2D eigenvalue weighted by atomic mass is 10.2. The number of anilines is 1. The van der Waals surface area contributed by atoms with Gasteiger partial charge < -0.3 is 19.5 Å². The van der Waals surface area contributed by atoms with Crippen LogP contribution in [0.2, 0.25) is 0 Å². The number of benzene rings is 1. The van der Waals surface area contributed by atoms with Crippen LogP contribution in [0.25, 0.3) is 0 Å². The first-order chi connectivity index (χ1) is 15.4. The third kappa shape index (κ3) is 5.55. The number of aromatic nitrogens is 2. The van der Waals surface area contributed by atoms with Crippen molar-refractivity contribution in [1.82, 2.24) is 9.55 Å². The van der Waals surface area contributed by atoms with E-state index in [1.54, 1.807) is 30.3 Å². The molecule has 1 aliphatic heterocycles. The van der Waals surface area contributed by atoms with Gasteiger partial charge in [0.15, 0.2) is 0 Å². The van der Waals surface area contributed by atoms with Crippen molar-refractivity contribution in [2.24, 2.45) is 0 Å². The fourth-order valence-electron chi connectivity index (χ4n) is 3.05. The van der Waals surface area contributed by atoms with Gasteiger partial charge >= 0.3 is 17.6 Å². The molecular formula is C22H21N3O7. The summed E-state index contributed by atoms with van der Waals surface area (Å²) in [5, 5.41) is 2.56. The topological polar surface area (TPSA) is 126 Å². The lowest BCUT2D eigenvalue weighted by molar-refractivity contribution is -0.152. The second-order valence-electron chi connectivity index (χ2n) is 6.70. The Morgan fingerprint density at radius 3 is 2.53 bits per heavy atom. The van der Waals surface area contributed by atoms with Gasteiger partial charge in [-0.15, -0.1) is 0 Å². The lowest BCUT2D eigenvalue weighted by Gasteiger charge is -2.17. The molecule has 10 heteroatoms. The summed E-state index contributed by atoms with van der Waals surface area (Å²) in [4.78, 5) is 51.7. The normalized spacial score (nSPS) is 19.6. The van der Waals surface area contributed by atoms with Gasteiger partial charge in [0.05, 0.1) is 0 Å². The molecule has 32 heavy (non-hydrogen) atoms. The number of carbonyl (C=O) groups excluding carboxylic acids is 3. The molecule has 1 N–H and O–H groups in total. The van der Waals surface area contributed by atoms with Crippen molar-refractivity contribution < 1.29 is 28.6 Å². The molecule has 1 saturated heterocycles. The highest BCUT2D eigenvalue weighted by Gasteiger charge is 2.39. The van der Waals surface area contributed by atoms with Crippen LogP contribution >= 0.6 is 0 Å². The lowest BCUT2D eigenvalue weighted by Crippen LogP contribution is -2.31. The molecule has 1 aromatic heterocycles. The third-order valence-electron chi connectivity index (χ3n) is 4.59. The van der Waals surface area contributed by atoms with Crippen LogP contribution in [0.3, 0.4) is 0 Å².